The maximum Gasteiger partial charge on any atom is 0.148 e. The van der Waals surface area contributed by atoms with E-state index in [0.29, 0.717) is 11.3 Å². The van der Waals surface area contributed by atoms with Crippen molar-refractivity contribution in [2.24, 2.45) is 0 Å². The fourth-order valence-corrected chi connectivity index (χ4v) is 2.88. The molecule has 0 atom stereocenters. The van der Waals surface area contributed by atoms with Crippen molar-refractivity contribution >= 4 is 17.6 Å². The molecule has 0 aliphatic carbocycles. The number of nitriles is 1. The number of rotatable bonds is 4. The van der Waals surface area contributed by atoms with Crippen LogP contribution >= 0.6 is 11.9 Å². The summed E-state index contributed by atoms with van der Waals surface area (Å²) >= 11 is 1.25. The van der Waals surface area contributed by atoms with Crippen molar-refractivity contribution in [3.05, 3.63) is 71.4 Å². The maximum atomic E-state index is 13.8. The van der Waals surface area contributed by atoms with Crippen molar-refractivity contribution in [2.45, 2.75) is 11.8 Å². The third-order valence-electron chi connectivity index (χ3n) is 3.50. The fraction of sp³-hybridized carbons (Fsp3) is 0.0556. The standard InChI is InChI=1S/C18H13F2N3S/c1-11-6-13(3-4-15(11)19)18-8-14(10-22-18)24-23-17-5-2-12(9-21)7-16(17)20/h2-8,10,22-23H,1H3. The van der Waals surface area contributed by atoms with Crippen molar-refractivity contribution in [2.75, 3.05) is 4.72 Å². The van der Waals surface area contributed by atoms with E-state index in [9.17, 15) is 8.78 Å². The van der Waals surface area contributed by atoms with Gasteiger partial charge in [-0.15, -0.1) is 0 Å². The minimum absolute atomic E-state index is 0.238. The molecule has 0 bridgehead atoms. The molecule has 120 valence electrons. The maximum absolute atomic E-state index is 13.8. The molecule has 1 aromatic heterocycles. The highest BCUT2D eigenvalue weighted by Crippen LogP contribution is 2.28. The van der Waals surface area contributed by atoms with Crippen LogP contribution in [0.3, 0.4) is 0 Å². The Kier molecular flexibility index (Phi) is 4.54. The van der Waals surface area contributed by atoms with Gasteiger partial charge in [0, 0.05) is 16.8 Å². The number of H-pyrrole nitrogens is 1. The summed E-state index contributed by atoms with van der Waals surface area (Å²) in [7, 11) is 0. The first kappa shape index (κ1) is 16.1. The zero-order valence-electron chi connectivity index (χ0n) is 12.7. The SMILES string of the molecule is Cc1cc(-c2cc(SNc3ccc(C#N)cc3F)c[nH]2)ccc1F. The van der Waals surface area contributed by atoms with Crippen LogP contribution in [0.1, 0.15) is 11.1 Å². The van der Waals surface area contributed by atoms with Crippen LogP contribution in [0.4, 0.5) is 14.5 Å². The molecule has 3 nitrogen and oxygen atoms in total. The van der Waals surface area contributed by atoms with Crippen LogP contribution in [0.25, 0.3) is 11.3 Å². The van der Waals surface area contributed by atoms with E-state index in [-0.39, 0.29) is 11.4 Å². The molecule has 2 N–H and O–H groups in total. The molecule has 0 saturated heterocycles. The van der Waals surface area contributed by atoms with E-state index in [4.69, 9.17) is 5.26 Å². The lowest BCUT2D eigenvalue weighted by molar-refractivity contribution is 0.619. The molecule has 3 aromatic rings. The van der Waals surface area contributed by atoms with Gasteiger partial charge in [0.05, 0.1) is 17.3 Å². The molecule has 0 aliphatic heterocycles. The first-order chi connectivity index (χ1) is 11.6. The number of nitrogens with zero attached hydrogens (tertiary/aromatic N) is 1. The summed E-state index contributed by atoms with van der Waals surface area (Å²) in [4.78, 5) is 3.97. The van der Waals surface area contributed by atoms with Crippen molar-refractivity contribution < 1.29 is 8.78 Å². The predicted octanol–water partition coefficient (Wildman–Crippen LogP) is 5.26. The summed E-state index contributed by atoms with van der Waals surface area (Å²) in [6, 6.07) is 13.0. The number of benzene rings is 2. The second-order valence-corrected chi connectivity index (χ2v) is 6.10. The molecule has 0 fully saturated rings. The Morgan fingerprint density at radius 3 is 2.62 bits per heavy atom. The molecule has 2 aromatic carbocycles. The number of aryl methyl sites for hydroxylation is 1. The monoisotopic (exact) mass is 341 g/mol. The van der Waals surface area contributed by atoms with Crippen LogP contribution in [0.2, 0.25) is 0 Å². The Balaban J connectivity index is 1.72. The van der Waals surface area contributed by atoms with Gasteiger partial charge in [0.1, 0.15) is 11.6 Å². The van der Waals surface area contributed by atoms with Crippen LogP contribution in [0.15, 0.2) is 53.6 Å². The number of hydrogen-bond donors (Lipinski definition) is 2. The van der Waals surface area contributed by atoms with E-state index in [0.717, 1.165) is 16.2 Å². The van der Waals surface area contributed by atoms with Gasteiger partial charge in [-0.3, -0.25) is 0 Å². The van der Waals surface area contributed by atoms with Crippen molar-refractivity contribution in [1.82, 2.24) is 4.98 Å². The molecular formula is C18H13F2N3S. The molecule has 0 radical (unpaired) electrons. The average molecular weight is 341 g/mol. The summed E-state index contributed by atoms with van der Waals surface area (Å²) in [6.07, 6.45) is 1.78. The third-order valence-corrected chi connectivity index (χ3v) is 4.30. The summed E-state index contributed by atoms with van der Waals surface area (Å²) in [6.45, 7) is 1.71. The van der Waals surface area contributed by atoms with Crippen LogP contribution in [0.5, 0.6) is 0 Å². The van der Waals surface area contributed by atoms with Crippen LogP contribution in [0, 0.1) is 29.9 Å². The zero-order chi connectivity index (χ0) is 17.1. The molecule has 1 heterocycles. The van der Waals surface area contributed by atoms with Crippen molar-refractivity contribution in [3.8, 4) is 17.3 Å². The summed E-state index contributed by atoms with van der Waals surface area (Å²) < 4.78 is 30.1. The van der Waals surface area contributed by atoms with Gasteiger partial charge in [0.2, 0.25) is 0 Å². The normalized spacial score (nSPS) is 10.4. The summed E-state index contributed by atoms with van der Waals surface area (Å²) in [5.74, 6) is -0.718. The summed E-state index contributed by atoms with van der Waals surface area (Å²) in [5, 5.41) is 8.74. The number of aromatic amines is 1. The highest BCUT2D eigenvalue weighted by Gasteiger charge is 2.07. The Morgan fingerprint density at radius 1 is 1.08 bits per heavy atom. The van der Waals surface area contributed by atoms with Gasteiger partial charge in [-0.25, -0.2) is 8.78 Å². The second kappa shape index (κ2) is 6.77. The molecule has 3 rings (SSSR count). The van der Waals surface area contributed by atoms with Gasteiger partial charge in [-0.05, 0) is 72.5 Å². The lowest BCUT2D eigenvalue weighted by Gasteiger charge is -2.05. The number of hydrogen-bond acceptors (Lipinski definition) is 3. The smallest absolute Gasteiger partial charge is 0.148 e. The minimum atomic E-state index is -0.480. The van der Waals surface area contributed by atoms with Crippen LogP contribution in [-0.4, -0.2) is 4.98 Å². The fourth-order valence-electron chi connectivity index (χ4n) is 2.19. The molecule has 0 amide bonds. The van der Waals surface area contributed by atoms with E-state index >= 15 is 0 Å². The molecule has 0 aliphatic rings. The minimum Gasteiger partial charge on any atom is -0.360 e. The van der Waals surface area contributed by atoms with Gasteiger partial charge in [-0.1, -0.05) is 0 Å². The van der Waals surface area contributed by atoms with Gasteiger partial charge >= 0.3 is 0 Å². The lowest BCUT2D eigenvalue weighted by atomic mass is 10.1. The molecule has 0 unspecified atom stereocenters. The Bertz CT molecular complexity index is 928. The molecule has 0 spiro atoms. The van der Waals surface area contributed by atoms with E-state index in [1.807, 2.05) is 12.1 Å². The first-order valence-electron chi connectivity index (χ1n) is 7.14. The third kappa shape index (κ3) is 3.42. The van der Waals surface area contributed by atoms with Gasteiger partial charge < -0.3 is 9.71 Å². The summed E-state index contributed by atoms with van der Waals surface area (Å²) in [5.41, 5.74) is 2.89. The highest BCUT2D eigenvalue weighted by molar-refractivity contribution is 8.00. The quantitative estimate of drug-likeness (QED) is 0.637. The number of halogens is 2. The molecule has 24 heavy (non-hydrogen) atoms. The molecular weight excluding hydrogens is 328 g/mol. The van der Waals surface area contributed by atoms with E-state index in [2.05, 4.69) is 9.71 Å². The van der Waals surface area contributed by atoms with Gasteiger partial charge in [-0.2, -0.15) is 5.26 Å². The topological polar surface area (TPSA) is 51.6 Å². The Hall–Kier alpha value is -2.78. The largest absolute Gasteiger partial charge is 0.360 e. The van der Waals surface area contributed by atoms with Crippen LogP contribution in [-0.2, 0) is 0 Å². The van der Waals surface area contributed by atoms with Crippen molar-refractivity contribution in [1.29, 1.82) is 5.26 Å². The first-order valence-corrected chi connectivity index (χ1v) is 7.96. The lowest BCUT2D eigenvalue weighted by Crippen LogP contribution is -1.91. The molecule has 6 heteroatoms. The Labute approximate surface area is 142 Å². The predicted molar refractivity (Wildman–Crippen MR) is 91.5 cm³/mol. The number of aromatic nitrogens is 1. The number of nitrogens with one attached hydrogen (secondary N) is 2. The van der Waals surface area contributed by atoms with E-state index < -0.39 is 5.82 Å². The van der Waals surface area contributed by atoms with E-state index in [1.165, 1.54) is 30.1 Å². The Morgan fingerprint density at radius 2 is 1.92 bits per heavy atom. The average Bonchev–Trinajstić information content (AvgIpc) is 3.05. The van der Waals surface area contributed by atoms with Gasteiger partial charge in [0.15, 0.2) is 0 Å². The van der Waals surface area contributed by atoms with E-state index in [1.54, 1.807) is 31.3 Å². The van der Waals surface area contributed by atoms with Crippen LogP contribution < -0.4 is 4.72 Å². The molecule has 0 saturated carbocycles. The second-order valence-electron chi connectivity index (χ2n) is 5.22. The number of anilines is 1. The zero-order valence-corrected chi connectivity index (χ0v) is 13.5. The van der Waals surface area contributed by atoms with Crippen molar-refractivity contribution in [3.63, 3.8) is 0 Å². The highest BCUT2D eigenvalue weighted by atomic mass is 32.2. The van der Waals surface area contributed by atoms with Gasteiger partial charge in [0.25, 0.3) is 0 Å².